The van der Waals surface area contributed by atoms with Gasteiger partial charge in [-0.2, -0.15) is 11.8 Å². The van der Waals surface area contributed by atoms with Crippen LogP contribution in [0.4, 0.5) is 5.69 Å². The van der Waals surface area contributed by atoms with Gasteiger partial charge in [0.15, 0.2) is 0 Å². The fourth-order valence-corrected chi connectivity index (χ4v) is 4.94. The lowest BCUT2D eigenvalue weighted by molar-refractivity contribution is 0.558. The Bertz CT molecular complexity index is 552. The average Bonchev–Trinajstić information content (AvgIpc) is 2.32. The van der Waals surface area contributed by atoms with Gasteiger partial charge in [-0.3, -0.25) is 0 Å². The van der Waals surface area contributed by atoms with E-state index in [1.165, 1.54) is 12.1 Å². The topological polar surface area (TPSA) is 72.2 Å². The van der Waals surface area contributed by atoms with Crippen LogP contribution in [-0.2, 0) is 10.0 Å². The van der Waals surface area contributed by atoms with E-state index >= 15 is 0 Å². The summed E-state index contributed by atoms with van der Waals surface area (Å²) >= 11 is 10.6. The second-order valence-corrected chi connectivity index (χ2v) is 7.81. The van der Waals surface area contributed by atoms with Gasteiger partial charge in [0, 0.05) is 22.5 Å². The lowest BCUT2D eigenvalue weighted by Crippen LogP contribution is -2.36. The van der Waals surface area contributed by atoms with Crippen LogP contribution in [-0.4, -0.2) is 26.5 Å². The molecule has 0 aliphatic heterocycles. The van der Waals surface area contributed by atoms with Crippen LogP contribution in [0.25, 0.3) is 0 Å². The highest BCUT2D eigenvalue weighted by atomic mass is 79.9. The zero-order valence-corrected chi connectivity index (χ0v) is 14.6. The second kappa shape index (κ2) is 7.17. The van der Waals surface area contributed by atoms with Gasteiger partial charge in [0.25, 0.3) is 0 Å². The van der Waals surface area contributed by atoms with Gasteiger partial charge in [-0.15, -0.1) is 0 Å². The molecule has 4 nitrogen and oxygen atoms in total. The summed E-state index contributed by atoms with van der Waals surface area (Å²) in [5.74, 6) is 0.712. The molecule has 0 saturated heterocycles. The van der Waals surface area contributed by atoms with Crippen molar-refractivity contribution in [1.29, 1.82) is 0 Å². The fraction of sp³-hybridized carbons (Fsp3) is 0.455. The molecule has 0 saturated carbocycles. The normalized spacial score (nSPS) is 13.5. The summed E-state index contributed by atoms with van der Waals surface area (Å²) in [5.41, 5.74) is 6.01. The second-order valence-electron chi connectivity index (χ2n) is 3.99. The van der Waals surface area contributed by atoms with Gasteiger partial charge in [-0.25, -0.2) is 13.1 Å². The van der Waals surface area contributed by atoms with Crippen LogP contribution in [0.2, 0.25) is 5.02 Å². The molecule has 0 aliphatic carbocycles. The smallest absolute Gasteiger partial charge is 0.242 e. The fourth-order valence-electron chi connectivity index (χ4n) is 1.50. The highest BCUT2D eigenvalue weighted by Crippen LogP contribution is 2.31. The first-order valence-electron chi connectivity index (χ1n) is 5.57. The van der Waals surface area contributed by atoms with E-state index < -0.39 is 10.0 Å². The van der Waals surface area contributed by atoms with Crippen molar-refractivity contribution in [3.63, 3.8) is 0 Å². The van der Waals surface area contributed by atoms with E-state index in [0.29, 0.717) is 27.4 Å². The molecule has 0 bridgehead atoms. The molecule has 108 valence electrons. The molecule has 0 heterocycles. The molecule has 0 amide bonds. The zero-order valence-electron chi connectivity index (χ0n) is 10.6. The van der Waals surface area contributed by atoms with Crippen LogP contribution >= 0.6 is 39.3 Å². The number of rotatable bonds is 6. The molecule has 1 unspecified atom stereocenters. The Morgan fingerprint density at radius 2 is 2.16 bits per heavy atom. The van der Waals surface area contributed by atoms with E-state index in [9.17, 15) is 8.42 Å². The maximum absolute atomic E-state index is 12.3. The molecule has 0 aromatic heterocycles. The third kappa shape index (κ3) is 4.53. The molecule has 3 N–H and O–H groups in total. The van der Waals surface area contributed by atoms with E-state index in [2.05, 4.69) is 20.7 Å². The molecule has 8 heteroatoms. The van der Waals surface area contributed by atoms with Crippen molar-refractivity contribution < 1.29 is 8.42 Å². The number of nitrogen functional groups attached to an aromatic ring is 1. The van der Waals surface area contributed by atoms with E-state index in [-0.39, 0.29) is 10.9 Å². The first kappa shape index (κ1) is 17.1. The third-order valence-electron chi connectivity index (χ3n) is 2.50. The van der Waals surface area contributed by atoms with Crippen LogP contribution in [0.15, 0.2) is 21.5 Å². The van der Waals surface area contributed by atoms with Gasteiger partial charge in [-0.1, -0.05) is 18.5 Å². The van der Waals surface area contributed by atoms with Crippen LogP contribution in [0, 0.1) is 0 Å². The molecular weight excluding hydrogens is 372 g/mol. The van der Waals surface area contributed by atoms with Gasteiger partial charge in [0.05, 0.1) is 9.37 Å². The van der Waals surface area contributed by atoms with E-state index in [0.717, 1.165) is 0 Å². The molecule has 0 spiro atoms. The average molecular weight is 388 g/mol. The number of thioether (sulfide) groups is 1. The standard InChI is InChI=1S/C11H16BrClN2O2S2/c1-3-8(6-18-2)15-19(16,17)10-5-7(13)4-9(14)11(10)12/h4-5,8,15H,3,6,14H2,1-2H3. The van der Waals surface area contributed by atoms with Crippen molar-refractivity contribution in [1.82, 2.24) is 4.72 Å². The maximum atomic E-state index is 12.3. The molecule has 1 aromatic carbocycles. The minimum atomic E-state index is -3.64. The first-order valence-corrected chi connectivity index (χ1v) is 9.62. The van der Waals surface area contributed by atoms with Crippen molar-refractivity contribution in [2.45, 2.75) is 24.3 Å². The van der Waals surface area contributed by atoms with Crippen LogP contribution < -0.4 is 10.5 Å². The molecule has 1 atom stereocenters. The quantitative estimate of drug-likeness (QED) is 0.736. The van der Waals surface area contributed by atoms with E-state index in [1.54, 1.807) is 11.8 Å². The number of nitrogens with two attached hydrogens (primary N) is 1. The monoisotopic (exact) mass is 386 g/mol. The Hall–Kier alpha value is 0.0500. The van der Waals surface area contributed by atoms with Crippen molar-refractivity contribution >= 4 is 55.0 Å². The molecule has 0 fully saturated rings. The number of hydrogen-bond donors (Lipinski definition) is 2. The predicted molar refractivity (Wildman–Crippen MR) is 86.3 cm³/mol. The highest BCUT2D eigenvalue weighted by Gasteiger charge is 2.23. The van der Waals surface area contributed by atoms with Crippen LogP contribution in [0.5, 0.6) is 0 Å². The Morgan fingerprint density at radius 1 is 1.53 bits per heavy atom. The van der Waals surface area contributed by atoms with Gasteiger partial charge in [-0.05, 0) is 40.7 Å². The third-order valence-corrected chi connectivity index (χ3v) is 6.15. The zero-order chi connectivity index (χ0) is 14.6. The Labute approximate surface area is 131 Å². The van der Waals surface area contributed by atoms with Gasteiger partial charge in [0.1, 0.15) is 0 Å². The van der Waals surface area contributed by atoms with Crippen molar-refractivity contribution in [2.24, 2.45) is 0 Å². The number of halogens is 2. The highest BCUT2D eigenvalue weighted by molar-refractivity contribution is 9.10. The molecule has 0 aliphatic rings. The van der Waals surface area contributed by atoms with E-state index in [4.69, 9.17) is 17.3 Å². The minimum absolute atomic E-state index is 0.0667. The van der Waals surface area contributed by atoms with Crippen molar-refractivity contribution in [2.75, 3.05) is 17.7 Å². The summed E-state index contributed by atoms with van der Waals surface area (Å²) in [7, 11) is -3.64. The minimum Gasteiger partial charge on any atom is -0.398 e. The summed E-state index contributed by atoms with van der Waals surface area (Å²) in [4.78, 5) is 0.0667. The lowest BCUT2D eigenvalue weighted by atomic mass is 10.3. The summed E-state index contributed by atoms with van der Waals surface area (Å²) < 4.78 is 27.7. The van der Waals surface area contributed by atoms with Crippen molar-refractivity contribution in [3.8, 4) is 0 Å². The van der Waals surface area contributed by atoms with Gasteiger partial charge in [0.2, 0.25) is 10.0 Å². The number of benzene rings is 1. The number of hydrogen-bond acceptors (Lipinski definition) is 4. The molecule has 1 aromatic rings. The van der Waals surface area contributed by atoms with Crippen LogP contribution in [0.3, 0.4) is 0 Å². The van der Waals surface area contributed by atoms with Gasteiger partial charge < -0.3 is 5.73 Å². The first-order chi connectivity index (χ1) is 8.81. The Balaban J connectivity index is 3.13. The Kier molecular flexibility index (Phi) is 6.46. The van der Waals surface area contributed by atoms with E-state index in [1.807, 2.05) is 13.2 Å². The summed E-state index contributed by atoms with van der Waals surface area (Å²) in [5, 5.41) is 0.291. The molecule has 0 radical (unpaired) electrons. The van der Waals surface area contributed by atoms with Gasteiger partial charge >= 0.3 is 0 Å². The maximum Gasteiger partial charge on any atom is 0.242 e. The summed E-state index contributed by atoms with van der Waals surface area (Å²) in [6.45, 7) is 1.94. The largest absolute Gasteiger partial charge is 0.398 e. The molecular formula is C11H16BrClN2O2S2. The number of nitrogens with one attached hydrogen (secondary N) is 1. The lowest BCUT2D eigenvalue weighted by Gasteiger charge is -2.17. The molecule has 19 heavy (non-hydrogen) atoms. The summed E-state index contributed by atoms with van der Waals surface area (Å²) in [6, 6.07) is 2.77. The Morgan fingerprint density at radius 3 is 2.68 bits per heavy atom. The number of anilines is 1. The van der Waals surface area contributed by atoms with Crippen LogP contribution in [0.1, 0.15) is 13.3 Å². The summed E-state index contributed by atoms with van der Waals surface area (Å²) in [6.07, 6.45) is 2.65. The SMILES string of the molecule is CCC(CSC)NS(=O)(=O)c1cc(Cl)cc(N)c1Br. The number of sulfonamides is 1. The molecule has 1 rings (SSSR count). The van der Waals surface area contributed by atoms with Crippen molar-refractivity contribution in [3.05, 3.63) is 21.6 Å². The predicted octanol–water partition coefficient (Wildman–Crippen LogP) is 3.10.